The number of aryl methyl sites for hydroxylation is 1. The molecule has 6 heteroatoms. The Hall–Kier alpha value is -2.63. The average molecular weight is 337 g/mol. The van der Waals surface area contributed by atoms with E-state index in [1.165, 1.54) is 0 Å². The third-order valence-corrected chi connectivity index (χ3v) is 5.16. The van der Waals surface area contributed by atoms with Gasteiger partial charge >= 0.3 is 0 Å². The molecule has 4 rings (SSSR count). The highest BCUT2D eigenvalue weighted by atomic mass is 16.2. The first-order valence-corrected chi connectivity index (χ1v) is 8.94. The summed E-state index contributed by atoms with van der Waals surface area (Å²) in [7, 11) is 0. The molecule has 1 atom stereocenters. The monoisotopic (exact) mass is 337 g/mol. The van der Waals surface area contributed by atoms with Crippen molar-refractivity contribution in [2.24, 2.45) is 5.92 Å². The molecule has 2 aromatic heterocycles. The van der Waals surface area contributed by atoms with Crippen LogP contribution < -0.4 is 0 Å². The molecule has 3 heterocycles. The van der Waals surface area contributed by atoms with E-state index in [0.717, 1.165) is 54.8 Å². The number of carbonyl (C=O) groups is 1. The molecular weight excluding hydrogens is 314 g/mol. The van der Waals surface area contributed by atoms with Gasteiger partial charge in [-0.2, -0.15) is 0 Å². The molecule has 0 saturated carbocycles. The lowest BCUT2D eigenvalue weighted by atomic mass is 10.0. The Balaban J connectivity index is 1.39. The van der Waals surface area contributed by atoms with Gasteiger partial charge in [-0.3, -0.25) is 4.79 Å². The zero-order valence-corrected chi connectivity index (χ0v) is 14.5. The number of nitrogens with zero attached hydrogens (tertiary/aromatic N) is 4. The van der Waals surface area contributed by atoms with Crippen molar-refractivity contribution in [3.63, 3.8) is 0 Å². The summed E-state index contributed by atoms with van der Waals surface area (Å²) in [5, 5.41) is 9.36. The fourth-order valence-electron chi connectivity index (χ4n) is 3.74. The number of hydrogen-bond donors (Lipinski definition) is 1. The number of likely N-dealkylation sites (tertiary alicyclic amines) is 1. The van der Waals surface area contributed by atoms with Gasteiger partial charge in [0.15, 0.2) is 0 Å². The van der Waals surface area contributed by atoms with Crippen LogP contribution >= 0.6 is 0 Å². The van der Waals surface area contributed by atoms with Crippen molar-refractivity contribution < 1.29 is 4.79 Å². The van der Waals surface area contributed by atoms with E-state index in [-0.39, 0.29) is 5.91 Å². The number of hydrogen-bond acceptors (Lipinski definition) is 3. The lowest BCUT2D eigenvalue weighted by molar-refractivity contribution is -0.129. The Kier molecular flexibility index (Phi) is 4.26. The predicted molar refractivity (Wildman–Crippen MR) is 96.1 cm³/mol. The SMILES string of the molecule is CCn1cnnc1CC1CCN(C(=O)Cc2c[nH]c3ccccc23)C1. The summed E-state index contributed by atoms with van der Waals surface area (Å²) in [6.07, 6.45) is 6.13. The number of fused-ring (bicyclic) bond motifs is 1. The molecule has 1 amide bonds. The Morgan fingerprint density at radius 2 is 2.24 bits per heavy atom. The Labute approximate surface area is 146 Å². The maximum atomic E-state index is 12.7. The van der Waals surface area contributed by atoms with Gasteiger partial charge in [0.1, 0.15) is 12.2 Å². The molecule has 0 spiro atoms. The minimum Gasteiger partial charge on any atom is -0.361 e. The molecule has 1 fully saturated rings. The smallest absolute Gasteiger partial charge is 0.227 e. The van der Waals surface area contributed by atoms with Crippen LogP contribution in [-0.2, 0) is 24.2 Å². The fraction of sp³-hybridized carbons (Fsp3) is 0.421. The summed E-state index contributed by atoms with van der Waals surface area (Å²) < 4.78 is 2.08. The van der Waals surface area contributed by atoms with Crippen molar-refractivity contribution in [2.75, 3.05) is 13.1 Å². The number of nitrogens with one attached hydrogen (secondary N) is 1. The normalized spacial score (nSPS) is 17.5. The van der Waals surface area contributed by atoms with Crippen LogP contribution in [0, 0.1) is 5.92 Å². The summed E-state index contributed by atoms with van der Waals surface area (Å²) in [5.41, 5.74) is 2.17. The van der Waals surface area contributed by atoms with Gasteiger partial charge in [0.05, 0.1) is 6.42 Å². The van der Waals surface area contributed by atoms with Crippen LogP contribution in [-0.4, -0.2) is 43.6 Å². The van der Waals surface area contributed by atoms with E-state index >= 15 is 0 Å². The zero-order chi connectivity index (χ0) is 17.2. The van der Waals surface area contributed by atoms with Crippen LogP contribution in [0.25, 0.3) is 10.9 Å². The largest absolute Gasteiger partial charge is 0.361 e. The van der Waals surface area contributed by atoms with Crippen molar-refractivity contribution >= 4 is 16.8 Å². The number of para-hydroxylation sites is 1. The Morgan fingerprint density at radius 1 is 1.36 bits per heavy atom. The minimum atomic E-state index is 0.212. The average Bonchev–Trinajstić information content (AvgIpc) is 3.35. The number of rotatable bonds is 5. The first-order valence-electron chi connectivity index (χ1n) is 8.94. The van der Waals surface area contributed by atoms with Crippen LogP contribution in [0.5, 0.6) is 0 Å². The molecule has 130 valence electrons. The second kappa shape index (κ2) is 6.70. The highest BCUT2D eigenvalue weighted by molar-refractivity contribution is 5.88. The van der Waals surface area contributed by atoms with Crippen molar-refractivity contribution in [1.29, 1.82) is 0 Å². The zero-order valence-electron chi connectivity index (χ0n) is 14.5. The maximum absolute atomic E-state index is 12.7. The van der Waals surface area contributed by atoms with Gasteiger partial charge in [0.25, 0.3) is 0 Å². The van der Waals surface area contributed by atoms with Crippen LogP contribution in [0.15, 0.2) is 36.8 Å². The number of aromatic nitrogens is 4. The number of carbonyl (C=O) groups excluding carboxylic acids is 1. The summed E-state index contributed by atoms with van der Waals surface area (Å²) in [5.74, 6) is 1.71. The molecule has 6 nitrogen and oxygen atoms in total. The van der Waals surface area contributed by atoms with Gasteiger partial charge in [0.2, 0.25) is 5.91 Å². The highest BCUT2D eigenvalue weighted by Crippen LogP contribution is 2.23. The van der Waals surface area contributed by atoms with E-state index in [0.29, 0.717) is 12.3 Å². The number of amides is 1. The maximum Gasteiger partial charge on any atom is 0.227 e. The van der Waals surface area contributed by atoms with Crippen molar-refractivity contribution in [2.45, 2.75) is 32.7 Å². The van der Waals surface area contributed by atoms with E-state index in [1.54, 1.807) is 6.33 Å². The van der Waals surface area contributed by atoms with Crippen LogP contribution in [0.1, 0.15) is 24.7 Å². The lowest BCUT2D eigenvalue weighted by Gasteiger charge is -2.16. The third-order valence-electron chi connectivity index (χ3n) is 5.16. The molecule has 0 radical (unpaired) electrons. The van der Waals surface area contributed by atoms with E-state index in [2.05, 4.69) is 32.7 Å². The van der Waals surface area contributed by atoms with Crippen LogP contribution in [0.2, 0.25) is 0 Å². The molecule has 0 aliphatic carbocycles. The highest BCUT2D eigenvalue weighted by Gasteiger charge is 2.27. The second-order valence-corrected chi connectivity index (χ2v) is 6.77. The van der Waals surface area contributed by atoms with Crippen molar-refractivity contribution in [1.82, 2.24) is 24.6 Å². The van der Waals surface area contributed by atoms with Crippen LogP contribution in [0.3, 0.4) is 0 Å². The standard InChI is InChI=1S/C19H23N5O/c1-2-23-13-21-22-18(23)9-14-7-8-24(12-14)19(25)10-15-11-20-17-6-4-3-5-16(15)17/h3-6,11,13-14,20H,2,7-10,12H2,1H3. The third kappa shape index (κ3) is 3.16. The molecule has 3 aromatic rings. The van der Waals surface area contributed by atoms with Gasteiger partial charge in [0, 0.05) is 43.2 Å². The number of benzene rings is 1. The molecule has 1 unspecified atom stereocenters. The fourth-order valence-corrected chi connectivity index (χ4v) is 3.74. The molecule has 1 aliphatic heterocycles. The quantitative estimate of drug-likeness (QED) is 0.777. The summed E-state index contributed by atoms with van der Waals surface area (Å²) >= 11 is 0. The molecule has 1 aliphatic rings. The van der Waals surface area contributed by atoms with E-state index in [9.17, 15) is 4.79 Å². The predicted octanol–water partition coefficient (Wildman–Crippen LogP) is 2.41. The molecule has 1 saturated heterocycles. The Bertz CT molecular complexity index is 881. The topological polar surface area (TPSA) is 66.8 Å². The second-order valence-electron chi connectivity index (χ2n) is 6.77. The van der Waals surface area contributed by atoms with Gasteiger partial charge in [-0.25, -0.2) is 0 Å². The molecule has 1 aromatic carbocycles. The molecule has 25 heavy (non-hydrogen) atoms. The number of H-pyrrole nitrogens is 1. The Morgan fingerprint density at radius 3 is 3.12 bits per heavy atom. The summed E-state index contributed by atoms with van der Waals surface area (Å²) in [4.78, 5) is 18.0. The molecular formula is C19H23N5O. The summed E-state index contributed by atoms with van der Waals surface area (Å²) in [6.45, 7) is 4.64. The van der Waals surface area contributed by atoms with Gasteiger partial charge < -0.3 is 14.5 Å². The first-order chi connectivity index (χ1) is 12.2. The molecule has 1 N–H and O–H groups in total. The van der Waals surface area contributed by atoms with E-state index in [4.69, 9.17) is 0 Å². The van der Waals surface area contributed by atoms with Crippen molar-refractivity contribution in [3.8, 4) is 0 Å². The van der Waals surface area contributed by atoms with Crippen LogP contribution in [0.4, 0.5) is 0 Å². The molecule has 0 bridgehead atoms. The van der Waals surface area contributed by atoms with E-state index in [1.807, 2.05) is 29.3 Å². The number of aromatic amines is 1. The van der Waals surface area contributed by atoms with Crippen molar-refractivity contribution in [3.05, 3.63) is 48.2 Å². The van der Waals surface area contributed by atoms with Gasteiger partial charge in [-0.15, -0.1) is 10.2 Å². The lowest BCUT2D eigenvalue weighted by Crippen LogP contribution is -2.30. The summed E-state index contributed by atoms with van der Waals surface area (Å²) in [6, 6.07) is 8.13. The first kappa shape index (κ1) is 15.9. The minimum absolute atomic E-state index is 0.212. The van der Waals surface area contributed by atoms with Gasteiger partial charge in [-0.1, -0.05) is 18.2 Å². The van der Waals surface area contributed by atoms with Gasteiger partial charge in [-0.05, 0) is 30.9 Å². The van der Waals surface area contributed by atoms with E-state index < -0.39 is 0 Å².